The molecule has 0 aliphatic carbocycles. The van der Waals surface area contributed by atoms with Gasteiger partial charge in [-0.05, 0) is 38.3 Å². The molecule has 0 radical (unpaired) electrons. The lowest BCUT2D eigenvalue weighted by Gasteiger charge is -2.44. The second-order valence-corrected chi connectivity index (χ2v) is 5.48. The van der Waals surface area contributed by atoms with Crippen molar-refractivity contribution in [2.24, 2.45) is 0 Å². The molecule has 0 aromatic carbocycles. The highest BCUT2D eigenvalue weighted by atomic mass is 16.2. The van der Waals surface area contributed by atoms with Crippen LogP contribution >= 0.6 is 0 Å². The number of hydrogen-bond acceptors (Lipinski definition) is 2. The normalized spacial score (nSPS) is 33.4. The van der Waals surface area contributed by atoms with Crippen molar-refractivity contribution in [2.45, 2.75) is 50.6 Å². The lowest BCUT2D eigenvalue weighted by molar-refractivity contribution is -0.828. The van der Waals surface area contributed by atoms with Crippen molar-refractivity contribution in [1.82, 2.24) is 5.32 Å². The average molecular weight is 263 g/mol. The first kappa shape index (κ1) is 14.0. The van der Waals surface area contributed by atoms with E-state index in [0.717, 1.165) is 32.2 Å². The maximum Gasteiger partial charge on any atom is 0.318 e. The zero-order valence-corrected chi connectivity index (χ0v) is 11.4. The van der Waals surface area contributed by atoms with Gasteiger partial charge in [0.1, 0.15) is 6.04 Å². The van der Waals surface area contributed by atoms with Crippen molar-refractivity contribution < 1.29 is 14.1 Å². The third-order valence-corrected chi connectivity index (χ3v) is 4.41. The van der Waals surface area contributed by atoms with Crippen LogP contribution < -0.4 is 5.32 Å². The SMILES string of the molecule is C=CC(C1CCCC(=O)N1)[N+]1(C=C)CCCCC1=O. The topological polar surface area (TPSA) is 46.2 Å². The number of carbonyl (C=O) groups excluding carboxylic acids is 2. The van der Waals surface area contributed by atoms with Gasteiger partial charge in [-0.15, -0.1) is 0 Å². The maximum atomic E-state index is 12.4. The summed E-state index contributed by atoms with van der Waals surface area (Å²) in [6.07, 6.45) is 8.50. The summed E-state index contributed by atoms with van der Waals surface area (Å²) >= 11 is 0. The number of likely N-dealkylation sites (tertiary alicyclic amines) is 1. The van der Waals surface area contributed by atoms with Crippen LogP contribution in [-0.4, -0.2) is 34.9 Å². The Bertz CT molecular complexity index is 405. The van der Waals surface area contributed by atoms with Gasteiger partial charge in [0, 0.05) is 6.42 Å². The fourth-order valence-electron chi connectivity index (χ4n) is 3.38. The average Bonchev–Trinajstić information content (AvgIpc) is 2.42. The highest BCUT2D eigenvalue weighted by Gasteiger charge is 2.46. The molecule has 2 amide bonds. The van der Waals surface area contributed by atoms with Crippen molar-refractivity contribution >= 4 is 11.8 Å². The van der Waals surface area contributed by atoms with Gasteiger partial charge in [-0.2, -0.15) is 0 Å². The predicted octanol–water partition coefficient (Wildman–Crippen LogP) is 1.88. The van der Waals surface area contributed by atoms with Crippen LogP contribution in [-0.2, 0) is 9.59 Å². The van der Waals surface area contributed by atoms with Crippen molar-refractivity contribution in [2.75, 3.05) is 6.54 Å². The van der Waals surface area contributed by atoms with E-state index < -0.39 is 0 Å². The summed E-state index contributed by atoms with van der Waals surface area (Å²) in [5.41, 5.74) is 0. The Kier molecular flexibility index (Phi) is 4.20. The number of hydrogen-bond donors (Lipinski definition) is 1. The Labute approximate surface area is 114 Å². The molecule has 2 saturated heterocycles. The zero-order valence-electron chi connectivity index (χ0n) is 11.4. The Morgan fingerprint density at radius 2 is 2.00 bits per heavy atom. The van der Waals surface area contributed by atoms with Gasteiger partial charge >= 0.3 is 5.91 Å². The summed E-state index contributed by atoms with van der Waals surface area (Å²) in [6.45, 7) is 8.55. The summed E-state index contributed by atoms with van der Waals surface area (Å²) in [5, 5.41) is 3.02. The first-order valence-electron chi connectivity index (χ1n) is 7.10. The van der Waals surface area contributed by atoms with E-state index in [9.17, 15) is 9.59 Å². The highest BCUT2D eigenvalue weighted by Crippen LogP contribution is 2.29. The molecular formula is C15H23N2O2+. The lowest BCUT2D eigenvalue weighted by atomic mass is 9.92. The summed E-state index contributed by atoms with van der Waals surface area (Å²) in [5.74, 6) is 0.278. The Morgan fingerprint density at radius 3 is 2.58 bits per heavy atom. The van der Waals surface area contributed by atoms with Crippen LogP contribution in [0.1, 0.15) is 38.5 Å². The van der Waals surface area contributed by atoms with E-state index in [2.05, 4.69) is 18.5 Å². The molecule has 2 aliphatic heterocycles. The molecule has 4 heteroatoms. The molecule has 2 aliphatic rings. The number of piperidine rings is 2. The van der Waals surface area contributed by atoms with Gasteiger partial charge in [-0.25, -0.2) is 9.28 Å². The van der Waals surface area contributed by atoms with Crippen molar-refractivity contribution in [3.8, 4) is 0 Å². The number of carbonyl (C=O) groups is 2. The van der Waals surface area contributed by atoms with E-state index in [1.165, 1.54) is 0 Å². The van der Waals surface area contributed by atoms with E-state index in [-0.39, 0.29) is 28.4 Å². The molecule has 0 aromatic rings. The molecule has 2 heterocycles. The van der Waals surface area contributed by atoms with E-state index in [1.54, 1.807) is 6.20 Å². The van der Waals surface area contributed by atoms with Gasteiger partial charge in [0.15, 0.2) is 0 Å². The lowest BCUT2D eigenvalue weighted by Crippen LogP contribution is -2.64. The second kappa shape index (κ2) is 5.70. The van der Waals surface area contributed by atoms with Gasteiger partial charge in [0.2, 0.25) is 5.91 Å². The molecule has 3 unspecified atom stereocenters. The standard InChI is InChI=1S/C15H22N2O2/c1-3-13(12-8-7-9-14(18)16-12)17(4-2)11-6-5-10-15(17)19/h3-4,12-13H,1-2,5-11H2/p+1. The zero-order chi connectivity index (χ0) is 13.9. The minimum atomic E-state index is -0.0884. The largest absolute Gasteiger partial charge is 0.347 e. The molecule has 0 bridgehead atoms. The van der Waals surface area contributed by atoms with Gasteiger partial charge in [-0.1, -0.05) is 6.58 Å². The molecule has 2 rings (SSSR count). The third kappa shape index (κ3) is 2.50. The van der Waals surface area contributed by atoms with Crippen LogP contribution in [0.5, 0.6) is 0 Å². The smallest absolute Gasteiger partial charge is 0.318 e. The van der Waals surface area contributed by atoms with E-state index in [1.807, 2.05) is 6.08 Å². The number of amides is 2. The first-order chi connectivity index (χ1) is 9.14. The Morgan fingerprint density at radius 1 is 1.21 bits per heavy atom. The van der Waals surface area contributed by atoms with Crippen molar-refractivity contribution in [1.29, 1.82) is 0 Å². The van der Waals surface area contributed by atoms with Crippen LogP contribution in [0.4, 0.5) is 0 Å². The number of rotatable bonds is 4. The fourth-order valence-corrected chi connectivity index (χ4v) is 3.38. The molecular weight excluding hydrogens is 240 g/mol. The molecule has 0 aromatic heterocycles. The monoisotopic (exact) mass is 263 g/mol. The Balaban J connectivity index is 2.27. The van der Waals surface area contributed by atoms with Gasteiger partial charge in [0.05, 0.1) is 25.2 Å². The van der Waals surface area contributed by atoms with Crippen LogP contribution in [0.15, 0.2) is 25.4 Å². The fraction of sp³-hybridized carbons (Fsp3) is 0.600. The first-order valence-corrected chi connectivity index (χ1v) is 7.10. The molecule has 4 nitrogen and oxygen atoms in total. The highest BCUT2D eigenvalue weighted by molar-refractivity contribution is 5.77. The number of quaternary nitrogens is 1. The van der Waals surface area contributed by atoms with Crippen LogP contribution in [0.2, 0.25) is 0 Å². The molecule has 0 saturated carbocycles. The van der Waals surface area contributed by atoms with Gasteiger partial charge in [0.25, 0.3) is 0 Å². The predicted molar refractivity (Wildman–Crippen MR) is 73.9 cm³/mol. The van der Waals surface area contributed by atoms with Gasteiger partial charge < -0.3 is 5.32 Å². The molecule has 0 spiro atoms. The van der Waals surface area contributed by atoms with E-state index in [0.29, 0.717) is 12.8 Å². The number of nitrogens with zero attached hydrogens (tertiary/aromatic N) is 1. The third-order valence-electron chi connectivity index (χ3n) is 4.41. The summed E-state index contributed by atoms with van der Waals surface area (Å²) in [6, 6.07) is -0.0895. The van der Waals surface area contributed by atoms with Crippen LogP contribution in [0.25, 0.3) is 0 Å². The van der Waals surface area contributed by atoms with Crippen molar-refractivity contribution in [3.05, 3.63) is 25.4 Å². The van der Waals surface area contributed by atoms with Crippen LogP contribution in [0.3, 0.4) is 0 Å². The summed E-state index contributed by atoms with van der Waals surface area (Å²) < 4.78 is 0.244. The Hall–Kier alpha value is -1.42. The number of nitrogens with one attached hydrogen (secondary N) is 1. The summed E-state index contributed by atoms with van der Waals surface area (Å²) in [7, 11) is 0. The molecule has 104 valence electrons. The molecule has 19 heavy (non-hydrogen) atoms. The van der Waals surface area contributed by atoms with E-state index in [4.69, 9.17) is 0 Å². The van der Waals surface area contributed by atoms with Crippen molar-refractivity contribution in [3.63, 3.8) is 0 Å². The minimum absolute atomic E-state index is 0.00111. The van der Waals surface area contributed by atoms with Crippen LogP contribution in [0, 0.1) is 0 Å². The minimum Gasteiger partial charge on any atom is -0.347 e. The summed E-state index contributed by atoms with van der Waals surface area (Å²) in [4.78, 5) is 24.0. The molecule has 2 fully saturated rings. The second-order valence-electron chi connectivity index (χ2n) is 5.48. The quantitative estimate of drug-likeness (QED) is 0.622. The van der Waals surface area contributed by atoms with Gasteiger partial charge in [-0.3, -0.25) is 4.79 Å². The maximum absolute atomic E-state index is 12.4. The molecule has 1 N–H and O–H groups in total. The van der Waals surface area contributed by atoms with E-state index >= 15 is 0 Å². The molecule has 3 atom stereocenters.